The Morgan fingerprint density at radius 3 is 2.43 bits per heavy atom. The van der Waals surface area contributed by atoms with Gasteiger partial charge >= 0.3 is 18.0 Å². The summed E-state index contributed by atoms with van der Waals surface area (Å²) in [6.45, 7) is 1.14. The average Bonchev–Trinajstić information content (AvgIpc) is 2.91. The molecule has 0 radical (unpaired) electrons. The van der Waals surface area contributed by atoms with Gasteiger partial charge in [0.05, 0.1) is 11.9 Å². The van der Waals surface area contributed by atoms with E-state index in [2.05, 4.69) is 10.3 Å². The molecule has 1 aromatic heterocycles. The molecular formula is C15H16F3N3O2. The lowest BCUT2D eigenvalue weighted by Gasteiger charge is -2.37. The van der Waals surface area contributed by atoms with Crippen molar-refractivity contribution in [2.75, 3.05) is 18.4 Å². The van der Waals surface area contributed by atoms with Gasteiger partial charge in [-0.2, -0.15) is 13.2 Å². The lowest BCUT2D eigenvalue weighted by Crippen LogP contribution is -2.41. The van der Waals surface area contributed by atoms with Crippen LogP contribution in [0.25, 0.3) is 0 Å². The van der Waals surface area contributed by atoms with Gasteiger partial charge in [-0.25, -0.2) is 4.98 Å². The quantitative estimate of drug-likeness (QED) is 0.806. The molecule has 3 rings (SSSR count). The topological polar surface area (TPSA) is 62.3 Å². The van der Waals surface area contributed by atoms with Crippen LogP contribution in [0.4, 0.5) is 18.9 Å². The van der Waals surface area contributed by atoms with Crippen LogP contribution in [0, 0.1) is 5.41 Å². The first-order chi connectivity index (χ1) is 10.8. The Balaban J connectivity index is 1.59. The summed E-state index contributed by atoms with van der Waals surface area (Å²) < 4.78 is 37.2. The Morgan fingerprint density at radius 2 is 1.96 bits per heavy atom. The third-order valence-electron chi connectivity index (χ3n) is 4.65. The highest BCUT2D eigenvalue weighted by Crippen LogP contribution is 2.47. The van der Waals surface area contributed by atoms with Crippen molar-refractivity contribution in [1.29, 1.82) is 0 Å². The predicted molar refractivity (Wildman–Crippen MR) is 75.3 cm³/mol. The summed E-state index contributed by atoms with van der Waals surface area (Å²) in [5, 5.41) is 2.30. The summed E-state index contributed by atoms with van der Waals surface area (Å²) >= 11 is 0. The third kappa shape index (κ3) is 3.16. The maximum Gasteiger partial charge on any atom is 0.433 e. The smallest absolute Gasteiger partial charge is 0.334 e. The normalized spacial score (nSPS) is 19.5. The zero-order valence-corrected chi connectivity index (χ0v) is 12.3. The van der Waals surface area contributed by atoms with Crippen LogP contribution in [0.3, 0.4) is 0 Å². The van der Waals surface area contributed by atoms with Crippen molar-refractivity contribution in [2.45, 2.75) is 31.9 Å². The van der Waals surface area contributed by atoms with Crippen LogP contribution in [0.2, 0.25) is 0 Å². The predicted octanol–water partition coefficient (Wildman–Crippen LogP) is 2.44. The fourth-order valence-electron chi connectivity index (χ4n) is 3.16. The molecule has 1 spiro atoms. The summed E-state index contributed by atoms with van der Waals surface area (Å²) in [5.74, 6) is -1.49. The number of pyridine rings is 1. The van der Waals surface area contributed by atoms with Crippen molar-refractivity contribution in [2.24, 2.45) is 5.41 Å². The Hall–Kier alpha value is -2.12. The summed E-state index contributed by atoms with van der Waals surface area (Å²) in [4.78, 5) is 28.8. The summed E-state index contributed by atoms with van der Waals surface area (Å²) in [5.41, 5.74) is -0.798. The van der Waals surface area contributed by atoms with Gasteiger partial charge in [-0.3, -0.25) is 9.59 Å². The zero-order chi connectivity index (χ0) is 16.7. The number of likely N-dealkylation sites (tertiary alicyclic amines) is 1. The van der Waals surface area contributed by atoms with E-state index in [1.165, 1.54) is 4.90 Å². The minimum Gasteiger partial charge on any atom is -0.334 e. The molecule has 2 heterocycles. The van der Waals surface area contributed by atoms with E-state index in [1.54, 1.807) is 0 Å². The van der Waals surface area contributed by atoms with Gasteiger partial charge in [-0.15, -0.1) is 0 Å². The van der Waals surface area contributed by atoms with E-state index in [4.69, 9.17) is 0 Å². The van der Waals surface area contributed by atoms with E-state index in [9.17, 15) is 22.8 Å². The molecule has 5 nitrogen and oxygen atoms in total. The molecule has 0 aromatic carbocycles. The summed E-state index contributed by atoms with van der Waals surface area (Å²) in [6, 6.07) is 1.84. The van der Waals surface area contributed by atoms with Gasteiger partial charge in [-0.1, -0.05) is 6.42 Å². The van der Waals surface area contributed by atoms with Crippen molar-refractivity contribution >= 4 is 17.5 Å². The number of halogens is 3. The molecule has 0 atom stereocenters. The number of hydrogen-bond donors (Lipinski definition) is 1. The molecule has 0 bridgehead atoms. The molecule has 2 aliphatic rings. The third-order valence-corrected chi connectivity index (χ3v) is 4.65. The van der Waals surface area contributed by atoms with E-state index in [1.807, 2.05) is 0 Å². The molecule has 1 aliphatic heterocycles. The molecule has 2 amide bonds. The van der Waals surface area contributed by atoms with Crippen LogP contribution >= 0.6 is 0 Å². The molecule has 1 saturated heterocycles. The van der Waals surface area contributed by atoms with Crippen LogP contribution < -0.4 is 5.32 Å². The second-order valence-electron chi connectivity index (χ2n) is 6.21. The molecule has 2 fully saturated rings. The van der Waals surface area contributed by atoms with Gasteiger partial charge in [0.25, 0.3) is 0 Å². The minimum atomic E-state index is -4.54. The summed E-state index contributed by atoms with van der Waals surface area (Å²) in [7, 11) is 0. The van der Waals surface area contributed by atoms with Crippen LogP contribution in [-0.4, -0.2) is 34.8 Å². The van der Waals surface area contributed by atoms with E-state index >= 15 is 0 Å². The number of aromatic nitrogens is 1. The monoisotopic (exact) mass is 327 g/mol. The van der Waals surface area contributed by atoms with Gasteiger partial charge in [0.15, 0.2) is 0 Å². The van der Waals surface area contributed by atoms with Gasteiger partial charge < -0.3 is 10.2 Å². The molecule has 1 saturated carbocycles. The number of nitrogens with one attached hydrogen (secondary N) is 1. The second-order valence-corrected chi connectivity index (χ2v) is 6.21. The number of alkyl halides is 3. The highest BCUT2D eigenvalue weighted by molar-refractivity contribution is 6.39. The fourth-order valence-corrected chi connectivity index (χ4v) is 3.16. The Bertz CT molecular complexity index is 624. The first-order valence-electron chi connectivity index (χ1n) is 7.43. The second kappa shape index (κ2) is 5.50. The van der Waals surface area contributed by atoms with Crippen LogP contribution in [0.5, 0.6) is 0 Å². The van der Waals surface area contributed by atoms with E-state index < -0.39 is 23.7 Å². The number of rotatable bonds is 1. The lowest BCUT2D eigenvalue weighted by atomic mass is 9.68. The molecular weight excluding hydrogens is 311 g/mol. The lowest BCUT2D eigenvalue weighted by molar-refractivity contribution is -0.142. The number of carbonyl (C=O) groups is 2. The highest BCUT2D eigenvalue weighted by Gasteiger charge is 2.45. The molecule has 1 aromatic rings. The van der Waals surface area contributed by atoms with E-state index in [0.29, 0.717) is 13.1 Å². The molecule has 1 aliphatic carbocycles. The van der Waals surface area contributed by atoms with Gasteiger partial charge in [0, 0.05) is 13.1 Å². The highest BCUT2D eigenvalue weighted by atomic mass is 19.4. The molecule has 8 heteroatoms. The standard InChI is InChI=1S/C15H16F3N3O2/c16-15(17,18)11-3-2-10(8-19-11)20-12(22)13(23)21-7-6-14(9-21)4-1-5-14/h2-3,8H,1,4-7,9H2,(H,20,22). The van der Waals surface area contributed by atoms with E-state index in [-0.39, 0.29) is 11.1 Å². The first-order valence-corrected chi connectivity index (χ1v) is 7.43. The molecule has 124 valence electrons. The van der Waals surface area contributed by atoms with Crippen LogP contribution in [0.1, 0.15) is 31.4 Å². The Kier molecular flexibility index (Phi) is 3.77. The molecule has 1 N–H and O–H groups in total. The van der Waals surface area contributed by atoms with Gasteiger partial charge in [0.2, 0.25) is 0 Å². The maximum absolute atomic E-state index is 12.4. The number of amides is 2. The number of nitrogens with zero attached hydrogens (tertiary/aromatic N) is 2. The van der Waals surface area contributed by atoms with Crippen LogP contribution in [-0.2, 0) is 15.8 Å². The van der Waals surface area contributed by atoms with Crippen molar-refractivity contribution in [3.05, 3.63) is 24.0 Å². The van der Waals surface area contributed by atoms with Crippen molar-refractivity contribution in [1.82, 2.24) is 9.88 Å². The summed E-state index contributed by atoms with van der Waals surface area (Å²) in [6.07, 6.45) is 0.595. The zero-order valence-electron chi connectivity index (χ0n) is 12.3. The van der Waals surface area contributed by atoms with Gasteiger partial charge in [0.1, 0.15) is 5.69 Å². The molecule has 23 heavy (non-hydrogen) atoms. The average molecular weight is 327 g/mol. The Morgan fingerprint density at radius 1 is 1.22 bits per heavy atom. The SMILES string of the molecule is O=C(Nc1ccc(C(F)(F)F)nc1)C(=O)N1CCC2(CCC2)C1. The fraction of sp³-hybridized carbons (Fsp3) is 0.533. The largest absolute Gasteiger partial charge is 0.433 e. The van der Waals surface area contributed by atoms with Crippen molar-refractivity contribution in [3.63, 3.8) is 0 Å². The minimum absolute atomic E-state index is 0.0638. The van der Waals surface area contributed by atoms with Crippen molar-refractivity contribution in [3.8, 4) is 0 Å². The van der Waals surface area contributed by atoms with Crippen molar-refractivity contribution < 1.29 is 22.8 Å². The number of anilines is 1. The number of hydrogen-bond acceptors (Lipinski definition) is 3. The van der Waals surface area contributed by atoms with Gasteiger partial charge in [-0.05, 0) is 36.8 Å². The Labute approximate surface area is 130 Å². The number of carbonyl (C=O) groups excluding carboxylic acids is 2. The maximum atomic E-state index is 12.4. The van der Waals surface area contributed by atoms with Crippen LogP contribution in [0.15, 0.2) is 18.3 Å². The van der Waals surface area contributed by atoms with E-state index in [0.717, 1.165) is 44.0 Å². The molecule has 0 unspecified atom stereocenters. The first kappa shape index (κ1) is 15.8.